The van der Waals surface area contributed by atoms with Crippen LogP contribution in [0.15, 0.2) is 76.6 Å². The number of aromatic nitrogens is 3. The maximum atomic E-state index is 12.5. The second kappa shape index (κ2) is 4.97. The maximum Gasteiger partial charge on any atom is 0.357 e. The van der Waals surface area contributed by atoms with E-state index in [2.05, 4.69) is 4.98 Å². The van der Waals surface area contributed by atoms with Crippen LogP contribution < -0.4 is 11.4 Å². The highest BCUT2D eigenvalue weighted by Crippen LogP contribution is 2.04. The highest BCUT2D eigenvalue weighted by Gasteiger charge is 2.09. The average Bonchev–Trinajstić information content (AvgIpc) is 2.49. The lowest BCUT2D eigenvalue weighted by Gasteiger charge is -2.08. The van der Waals surface area contributed by atoms with Crippen molar-refractivity contribution in [1.82, 2.24) is 14.1 Å². The van der Waals surface area contributed by atoms with Gasteiger partial charge in [0.05, 0.1) is 11.4 Å². The Morgan fingerprint density at radius 3 is 1.90 bits per heavy atom. The molecule has 98 valence electrons. The largest absolute Gasteiger partial charge is 0.357 e. The van der Waals surface area contributed by atoms with Gasteiger partial charge in [-0.2, -0.15) is 4.98 Å². The van der Waals surface area contributed by atoms with Crippen LogP contribution in [0.2, 0.25) is 0 Å². The Bertz CT molecular complexity index is 836. The van der Waals surface area contributed by atoms with Crippen molar-refractivity contribution in [3.8, 4) is 11.4 Å². The molecule has 0 atom stereocenters. The maximum absolute atomic E-state index is 12.5. The van der Waals surface area contributed by atoms with E-state index in [1.54, 1.807) is 36.4 Å². The number of hydrogen-bond donors (Lipinski definition) is 0. The molecule has 0 fully saturated rings. The normalized spacial score (nSPS) is 10.4. The monoisotopic (exact) mass is 265 g/mol. The minimum absolute atomic E-state index is 0.442. The third kappa shape index (κ3) is 2.05. The minimum Gasteiger partial charge on any atom is -0.252 e. The van der Waals surface area contributed by atoms with Crippen molar-refractivity contribution >= 4 is 0 Å². The van der Waals surface area contributed by atoms with Gasteiger partial charge in [-0.25, -0.2) is 14.2 Å². The van der Waals surface area contributed by atoms with Crippen molar-refractivity contribution < 1.29 is 0 Å². The summed E-state index contributed by atoms with van der Waals surface area (Å²) in [5.41, 5.74) is 0.130. The van der Waals surface area contributed by atoms with Gasteiger partial charge in [0.15, 0.2) is 0 Å². The summed E-state index contributed by atoms with van der Waals surface area (Å²) in [7, 11) is 0. The van der Waals surface area contributed by atoms with Gasteiger partial charge in [-0.05, 0) is 24.3 Å². The molecule has 5 nitrogen and oxygen atoms in total. The molecule has 3 aromatic rings. The number of benzene rings is 2. The molecule has 0 saturated carbocycles. The molecular weight excluding hydrogens is 254 g/mol. The van der Waals surface area contributed by atoms with Crippen LogP contribution in [0, 0.1) is 0 Å². The van der Waals surface area contributed by atoms with Crippen LogP contribution in [0.4, 0.5) is 0 Å². The first-order valence-corrected chi connectivity index (χ1v) is 6.09. The fourth-order valence-corrected chi connectivity index (χ4v) is 1.97. The molecule has 0 amide bonds. The molecule has 20 heavy (non-hydrogen) atoms. The molecule has 0 aliphatic rings. The van der Waals surface area contributed by atoms with E-state index >= 15 is 0 Å². The van der Waals surface area contributed by atoms with Gasteiger partial charge in [0.2, 0.25) is 0 Å². The molecule has 3 rings (SSSR count). The first-order valence-electron chi connectivity index (χ1n) is 6.09. The molecule has 0 saturated heterocycles. The van der Waals surface area contributed by atoms with E-state index in [1.807, 2.05) is 24.3 Å². The Hall–Kier alpha value is -2.95. The highest BCUT2D eigenvalue weighted by molar-refractivity contribution is 5.33. The number of rotatable bonds is 2. The molecule has 0 aliphatic heterocycles. The van der Waals surface area contributed by atoms with E-state index in [0.29, 0.717) is 11.4 Å². The molecule has 1 heterocycles. The second-order valence-electron chi connectivity index (χ2n) is 4.19. The number of nitrogens with zero attached hydrogens (tertiary/aromatic N) is 3. The van der Waals surface area contributed by atoms with E-state index in [1.165, 1.54) is 10.9 Å². The van der Waals surface area contributed by atoms with Gasteiger partial charge in [-0.3, -0.25) is 4.57 Å². The van der Waals surface area contributed by atoms with Crippen molar-refractivity contribution in [1.29, 1.82) is 0 Å². The van der Waals surface area contributed by atoms with E-state index < -0.39 is 11.4 Å². The SMILES string of the molecule is O=c1ncn(-c2ccccc2)c(=O)n1-c1ccccc1. The summed E-state index contributed by atoms with van der Waals surface area (Å²) in [6.07, 6.45) is 1.25. The third-order valence-corrected chi connectivity index (χ3v) is 2.92. The van der Waals surface area contributed by atoms with Crippen LogP contribution in [0.1, 0.15) is 0 Å². The van der Waals surface area contributed by atoms with Crippen LogP contribution in [-0.2, 0) is 0 Å². The second-order valence-corrected chi connectivity index (χ2v) is 4.19. The fraction of sp³-hybridized carbons (Fsp3) is 0. The van der Waals surface area contributed by atoms with Gasteiger partial charge in [-0.1, -0.05) is 36.4 Å². The Balaban J connectivity index is 2.28. The van der Waals surface area contributed by atoms with Crippen molar-refractivity contribution in [2.75, 3.05) is 0 Å². The van der Waals surface area contributed by atoms with Gasteiger partial charge < -0.3 is 0 Å². The first kappa shape index (κ1) is 12.1. The van der Waals surface area contributed by atoms with Crippen molar-refractivity contribution in [2.45, 2.75) is 0 Å². The molecule has 0 aliphatic carbocycles. The van der Waals surface area contributed by atoms with Crippen molar-refractivity contribution in [3.63, 3.8) is 0 Å². The lowest BCUT2D eigenvalue weighted by atomic mass is 10.3. The molecular formula is C15H11N3O2. The quantitative estimate of drug-likeness (QED) is 0.703. The van der Waals surface area contributed by atoms with Crippen LogP contribution >= 0.6 is 0 Å². The lowest BCUT2D eigenvalue weighted by molar-refractivity contribution is 0.746. The zero-order chi connectivity index (χ0) is 13.9. The van der Waals surface area contributed by atoms with Crippen LogP contribution in [0.3, 0.4) is 0 Å². The number of hydrogen-bond acceptors (Lipinski definition) is 3. The highest BCUT2D eigenvalue weighted by atomic mass is 16.2. The topological polar surface area (TPSA) is 56.9 Å². The fourth-order valence-electron chi connectivity index (χ4n) is 1.97. The lowest BCUT2D eigenvalue weighted by Crippen LogP contribution is -2.39. The summed E-state index contributed by atoms with van der Waals surface area (Å²) in [4.78, 5) is 28.1. The smallest absolute Gasteiger partial charge is 0.252 e. The van der Waals surface area contributed by atoms with E-state index in [-0.39, 0.29) is 0 Å². The molecule has 0 radical (unpaired) electrons. The Morgan fingerprint density at radius 2 is 1.30 bits per heavy atom. The Labute approximate surface area is 114 Å². The molecule has 0 bridgehead atoms. The molecule has 2 aromatic carbocycles. The predicted molar refractivity (Wildman–Crippen MR) is 75.4 cm³/mol. The summed E-state index contributed by atoms with van der Waals surface area (Å²) in [6.45, 7) is 0. The third-order valence-electron chi connectivity index (χ3n) is 2.92. The van der Waals surface area contributed by atoms with Gasteiger partial charge in [-0.15, -0.1) is 0 Å². The summed E-state index contributed by atoms with van der Waals surface area (Å²) < 4.78 is 2.39. The molecule has 5 heteroatoms. The standard InChI is InChI=1S/C15H11N3O2/c19-14-16-11-17(12-7-3-1-4-8-12)15(20)18(14)13-9-5-2-6-10-13/h1-11H. The molecule has 0 spiro atoms. The van der Waals surface area contributed by atoms with Crippen LogP contribution in [0.5, 0.6) is 0 Å². The first-order chi connectivity index (χ1) is 9.77. The van der Waals surface area contributed by atoms with E-state index in [9.17, 15) is 9.59 Å². The zero-order valence-electron chi connectivity index (χ0n) is 10.5. The summed E-state index contributed by atoms with van der Waals surface area (Å²) in [5, 5.41) is 0. The number of para-hydroxylation sites is 2. The Kier molecular flexibility index (Phi) is 3.01. The van der Waals surface area contributed by atoms with Gasteiger partial charge in [0.25, 0.3) is 0 Å². The van der Waals surface area contributed by atoms with Gasteiger partial charge in [0, 0.05) is 0 Å². The van der Waals surface area contributed by atoms with Gasteiger partial charge >= 0.3 is 11.4 Å². The average molecular weight is 265 g/mol. The van der Waals surface area contributed by atoms with E-state index in [4.69, 9.17) is 0 Å². The van der Waals surface area contributed by atoms with Crippen LogP contribution in [0.25, 0.3) is 11.4 Å². The predicted octanol–water partition coefficient (Wildman–Crippen LogP) is 1.38. The summed E-state index contributed by atoms with van der Waals surface area (Å²) in [6, 6.07) is 17.8. The minimum atomic E-state index is -0.589. The van der Waals surface area contributed by atoms with Gasteiger partial charge in [0.1, 0.15) is 6.33 Å². The van der Waals surface area contributed by atoms with Crippen LogP contribution in [-0.4, -0.2) is 14.1 Å². The summed E-state index contributed by atoms with van der Waals surface area (Å²) >= 11 is 0. The molecule has 0 N–H and O–H groups in total. The molecule has 0 unspecified atom stereocenters. The van der Waals surface area contributed by atoms with Crippen molar-refractivity contribution in [3.05, 3.63) is 88.0 Å². The zero-order valence-corrected chi connectivity index (χ0v) is 10.5. The van der Waals surface area contributed by atoms with Crippen molar-refractivity contribution in [2.24, 2.45) is 0 Å². The molecule has 1 aromatic heterocycles. The van der Waals surface area contributed by atoms with E-state index in [0.717, 1.165) is 4.57 Å². The Morgan fingerprint density at radius 1 is 0.750 bits per heavy atom. The summed E-state index contributed by atoms with van der Waals surface area (Å²) in [5.74, 6) is 0.